The van der Waals surface area contributed by atoms with E-state index in [1.807, 2.05) is 25.1 Å². The molecule has 5 rings (SSSR count). The zero-order valence-electron chi connectivity index (χ0n) is 16.1. The van der Waals surface area contributed by atoms with E-state index in [0.29, 0.717) is 21.5 Å². The topological polar surface area (TPSA) is 69.0 Å². The van der Waals surface area contributed by atoms with Gasteiger partial charge in [-0.3, -0.25) is 4.79 Å². The smallest absolute Gasteiger partial charge is 0.226 e. The summed E-state index contributed by atoms with van der Waals surface area (Å²) in [5, 5.41) is 8.52. The Kier molecular flexibility index (Phi) is 4.48. The largest absolute Gasteiger partial charge is 0.497 e. The highest BCUT2D eigenvalue weighted by Gasteiger charge is 2.34. The van der Waals surface area contributed by atoms with Crippen molar-refractivity contribution in [1.29, 1.82) is 0 Å². The van der Waals surface area contributed by atoms with E-state index in [9.17, 15) is 9.18 Å². The SMILES string of the molecule is COc1ccc2nc(-n3nc(C)c4c3NC(=O)C[C@@H]4c3ccc(F)cc3Cl)sc2c1. The minimum absolute atomic E-state index is 0.156. The number of hydrogen-bond acceptors (Lipinski definition) is 5. The molecular weight excluding hydrogens is 427 g/mol. The van der Waals surface area contributed by atoms with Crippen molar-refractivity contribution in [1.82, 2.24) is 14.8 Å². The third-order valence-corrected chi connectivity index (χ3v) is 6.53. The fourth-order valence-corrected chi connectivity index (χ4v) is 5.10. The summed E-state index contributed by atoms with van der Waals surface area (Å²) in [6, 6.07) is 9.91. The van der Waals surface area contributed by atoms with Crippen molar-refractivity contribution < 1.29 is 13.9 Å². The minimum atomic E-state index is -0.415. The van der Waals surface area contributed by atoms with Crippen LogP contribution in [0.15, 0.2) is 36.4 Å². The molecular formula is C21H16ClFN4O2S. The summed E-state index contributed by atoms with van der Waals surface area (Å²) in [7, 11) is 1.62. The average molecular weight is 443 g/mol. The van der Waals surface area contributed by atoms with Gasteiger partial charge in [0, 0.05) is 22.9 Å². The summed E-state index contributed by atoms with van der Waals surface area (Å²) in [5.41, 5.74) is 3.14. The second-order valence-electron chi connectivity index (χ2n) is 7.06. The first-order valence-corrected chi connectivity index (χ1v) is 10.4. The molecule has 30 heavy (non-hydrogen) atoms. The minimum Gasteiger partial charge on any atom is -0.497 e. The molecule has 152 valence electrons. The van der Waals surface area contributed by atoms with Crippen LogP contribution < -0.4 is 10.1 Å². The van der Waals surface area contributed by atoms with Crippen LogP contribution in [0.2, 0.25) is 5.02 Å². The zero-order chi connectivity index (χ0) is 21.0. The van der Waals surface area contributed by atoms with Crippen LogP contribution in [0.1, 0.15) is 29.2 Å². The first-order valence-electron chi connectivity index (χ1n) is 9.24. The summed E-state index contributed by atoms with van der Waals surface area (Å²) in [5.74, 6) is 0.430. The summed E-state index contributed by atoms with van der Waals surface area (Å²) < 4.78 is 21.4. The second kappa shape index (κ2) is 7.07. The fraction of sp³-hybridized carbons (Fsp3) is 0.190. The Morgan fingerprint density at radius 1 is 1.30 bits per heavy atom. The molecule has 4 aromatic rings. The summed E-state index contributed by atoms with van der Waals surface area (Å²) in [6.07, 6.45) is 0.210. The maximum absolute atomic E-state index is 13.6. The number of aryl methyl sites for hydroxylation is 1. The summed E-state index contributed by atoms with van der Waals surface area (Å²) in [4.78, 5) is 17.2. The van der Waals surface area contributed by atoms with Crippen LogP contribution in [0, 0.1) is 12.7 Å². The zero-order valence-corrected chi connectivity index (χ0v) is 17.6. The molecule has 0 aliphatic carbocycles. The van der Waals surface area contributed by atoms with Crippen molar-refractivity contribution in [2.45, 2.75) is 19.3 Å². The van der Waals surface area contributed by atoms with Gasteiger partial charge in [0.1, 0.15) is 17.4 Å². The Bertz CT molecular complexity index is 1320. The standard InChI is InChI=1S/C21H16ClFN4O2S/c1-10-19-14(13-5-3-11(23)7-15(13)22)9-18(28)25-20(19)27(26-10)21-24-16-6-4-12(29-2)8-17(16)30-21/h3-8,14H,9H2,1-2H3,(H,25,28)/t14-/m1/s1. The van der Waals surface area contributed by atoms with Gasteiger partial charge in [-0.25, -0.2) is 9.37 Å². The monoisotopic (exact) mass is 442 g/mol. The maximum atomic E-state index is 13.6. The van der Waals surface area contributed by atoms with Gasteiger partial charge in [-0.1, -0.05) is 29.0 Å². The summed E-state index contributed by atoms with van der Waals surface area (Å²) >= 11 is 7.77. The van der Waals surface area contributed by atoms with Gasteiger partial charge in [0.15, 0.2) is 0 Å². The van der Waals surface area contributed by atoms with Gasteiger partial charge in [0.2, 0.25) is 11.0 Å². The Hall–Kier alpha value is -2.97. The van der Waals surface area contributed by atoms with Crippen LogP contribution in [0.3, 0.4) is 0 Å². The van der Waals surface area contributed by atoms with Gasteiger partial charge in [0.25, 0.3) is 0 Å². The lowest BCUT2D eigenvalue weighted by Crippen LogP contribution is -2.25. The number of thiazole rings is 1. The van der Waals surface area contributed by atoms with E-state index in [1.165, 1.54) is 23.5 Å². The van der Waals surface area contributed by atoms with E-state index in [0.717, 1.165) is 27.2 Å². The molecule has 0 radical (unpaired) electrons. The van der Waals surface area contributed by atoms with Crippen molar-refractivity contribution in [2.75, 3.05) is 12.4 Å². The highest BCUT2D eigenvalue weighted by molar-refractivity contribution is 7.20. The number of carbonyl (C=O) groups is 1. The number of ether oxygens (including phenoxy) is 1. The van der Waals surface area contributed by atoms with E-state index < -0.39 is 5.82 Å². The number of aromatic nitrogens is 3. The van der Waals surface area contributed by atoms with Gasteiger partial charge in [0.05, 0.1) is 23.0 Å². The number of rotatable bonds is 3. The Morgan fingerprint density at radius 3 is 2.90 bits per heavy atom. The lowest BCUT2D eigenvalue weighted by Gasteiger charge is -2.24. The third-order valence-electron chi connectivity index (χ3n) is 5.21. The van der Waals surface area contributed by atoms with Gasteiger partial charge in [-0.2, -0.15) is 9.78 Å². The molecule has 6 nitrogen and oxygen atoms in total. The van der Waals surface area contributed by atoms with Gasteiger partial charge in [-0.05, 0) is 42.8 Å². The first-order chi connectivity index (χ1) is 14.4. The number of anilines is 1. The van der Waals surface area contributed by atoms with E-state index in [-0.39, 0.29) is 18.2 Å². The molecule has 0 bridgehead atoms. The van der Waals surface area contributed by atoms with E-state index in [1.54, 1.807) is 17.9 Å². The number of nitrogens with zero attached hydrogens (tertiary/aromatic N) is 3. The molecule has 9 heteroatoms. The van der Waals surface area contributed by atoms with Crippen molar-refractivity contribution in [3.63, 3.8) is 0 Å². The second-order valence-corrected chi connectivity index (χ2v) is 8.48. The lowest BCUT2D eigenvalue weighted by molar-refractivity contribution is -0.116. The normalized spacial score (nSPS) is 15.9. The number of hydrogen-bond donors (Lipinski definition) is 1. The number of benzene rings is 2. The molecule has 0 saturated heterocycles. The highest BCUT2D eigenvalue weighted by atomic mass is 35.5. The summed E-state index contributed by atoms with van der Waals surface area (Å²) in [6.45, 7) is 1.88. The van der Waals surface area contributed by atoms with E-state index in [2.05, 4.69) is 15.4 Å². The van der Waals surface area contributed by atoms with E-state index in [4.69, 9.17) is 16.3 Å². The Morgan fingerprint density at radius 2 is 2.13 bits per heavy atom. The van der Waals surface area contributed by atoms with Crippen molar-refractivity contribution in [3.05, 3.63) is 64.1 Å². The van der Waals surface area contributed by atoms with Crippen LogP contribution >= 0.6 is 22.9 Å². The van der Waals surface area contributed by atoms with Gasteiger partial charge < -0.3 is 10.1 Å². The third kappa shape index (κ3) is 3.03. The molecule has 0 fully saturated rings. The highest BCUT2D eigenvalue weighted by Crippen LogP contribution is 2.43. The Balaban J connectivity index is 1.66. The fourth-order valence-electron chi connectivity index (χ4n) is 3.85. The Labute approximate surface area is 180 Å². The van der Waals surface area contributed by atoms with Crippen LogP contribution in [-0.4, -0.2) is 27.8 Å². The van der Waals surface area contributed by atoms with Crippen LogP contribution in [0.5, 0.6) is 5.75 Å². The molecule has 1 amide bonds. The molecule has 0 unspecified atom stereocenters. The molecule has 2 aromatic heterocycles. The first kappa shape index (κ1) is 19.0. The molecule has 2 aromatic carbocycles. The molecule has 0 spiro atoms. The number of halogens is 2. The van der Waals surface area contributed by atoms with Crippen LogP contribution in [-0.2, 0) is 4.79 Å². The molecule has 1 aliphatic heterocycles. The molecule has 1 N–H and O–H groups in total. The number of nitrogens with one attached hydrogen (secondary N) is 1. The average Bonchev–Trinajstić information content (AvgIpc) is 3.27. The predicted molar refractivity (Wildman–Crippen MR) is 115 cm³/mol. The molecule has 1 atom stereocenters. The number of carbonyl (C=O) groups excluding carboxylic acids is 1. The predicted octanol–water partition coefficient (Wildman–Crippen LogP) is 5.07. The lowest BCUT2D eigenvalue weighted by atomic mass is 9.86. The van der Waals surface area contributed by atoms with Crippen molar-refractivity contribution >= 4 is 44.9 Å². The van der Waals surface area contributed by atoms with Gasteiger partial charge in [-0.15, -0.1) is 0 Å². The van der Waals surface area contributed by atoms with Gasteiger partial charge >= 0.3 is 0 Å². The molecule has 0 saturated carbocycles. The van der Waals surface area contributed by atoms with Crippen molar-refractivity contribution in [3.8, 4) is 10.9 Å². The molecule has 3 heterocycles. The van der Waals surface area contributed by atoms with Crippen LogP contribution in [0.25, 0.3) is 15.3 Å². The van der Waals surface area contributed by atoms with E-state index >= 15 is 0 Å². The molecule has 1 aliphatic rings. The number of fused-ring (bicyclic) bond motifs is 2. The van der Waals surface area contributed by atoms with Crippen LogP contribution in [0.4, 0.5) is 10.2 Å². The number of amides is 1. The maximum Gasteiger partial charge on any atom is 0.226 e. The number of methoxy groups -OCH3 is 1. The quantitative estimate of drug-likeness (QED) is 0.481. The van der Waals surface area contributed by atoms with Crippen molar-refractivity contribution in [2.24, 2.45) is 0 Å².